The first-order valence-corrected chi connectivity index (χ1v) is 12.2. The van der Waals surface area contributed by atoms with Crippen LogP contribution in [-0.2, 0) is 4.79 Å². The molecule has 0 bridgehead atoms. The number of thioether (sulfide) groups is 1. The summed E-state index contributed by atoms with van der Waals surface area (Å²) in [5.41, 5.74) is 10.2. The number of ether oxygens (including phenoxy) is 1. The number of hydrogen-bond acceptors (Lipinski definition) is 8. The normalized spacial score (nSPS) is 23.0. The van der Waals surface area contributed by atoms with E-state index in [9.17, 15) is 4.79 Å². The number of amidine groups is 1. The highest BCUT2D eigenvalue weighted by Gasteiger charge is 2.44. The van der Waals surface area contributed by atoms with Crippen LogP contribution in [-0.4, -0.2) is 45.6 Å². The fraction of sp³-hybridized carbons (Fsp3) is 0.333. The summed E-state index contributed by atoms with van der Waals surface area (Å²) in [6.45, 7) is 4.66. The second kappa shape index (κ2) is 9.36. The van der Waals surface area contributed by atoms with Crippen LogP contribution in [0.3, 0.4) is 0 Å². The lowest BCUT2D eigenvalue weighted by Crippen LogP contribution is -2.54. The number of aryl methyl sites for hydroxylation is 1. The Hall–Kier alpha value is -3.17. The number of hydrazine groups is 1. The number of hydrazone groups is 1. The molecule has 0 saturated carbocycles. The van der Waals surface area contributed by atoms with E-state index in [1.807, 2.05) is 37.4 Å². The van der Waals surface area contributed by atoms with Gasteiger partial charge in [-0.25, -0.2) is 5.43 Å². The maximum absolute atomic E-state index is 12.5. The van der Waals surface area contributed by atoms with E-state index in [1.165, 1.54) is 22.9 Å². The molecule has 1 fully saturated rings. The summed E-state index contributed by atoms with van der Waals surface area (Å²) in [5, 5.41) is 10.4. The fourth-order valence-corrected chi connectivity index (χ4v) is 5.07. The second-order valence-corrected chi connectivity index (χ2v) is 9.21. The van der Waals surface area contributed by atoms with Crippen LogP contribution in [0, 0.1) is 6.92 Å². The van der Waals surface area contributed by atoms with Crippen LogP contribution in [0.1, 0.15) is 30.5 Å². The minimum Gasteiger partial charge on any atom is -0.494 e. The highest BCUT2D eigenvalue weighted by Crippen LogP contribution is 2.35. The predicted octanol–water partition coefficient (Wildman–Crippen LogP) is 3.37. The SMILES string of the molecule is CCOc1ccc(NC(=O)CSC2=NNC3C4CC(c5ccc(C)cc5)NN4C=CN23)cc1. The van der Waals surface area contributed by atoms with Gasteiger partial charge >= 0.3 is 0 Å². The van der Waals surface area contributed by atoms with Crippen molar-refractivity contribution in [3.05, 3.63) is 72.1 Å². The van der Waals surface area contributed by atoms with E-state index in [1.54, 1.807) is 0 Å². The minimum atomic E-state index is -0.0695. The van der Waals surface area contributed by atoms with E-state index in [-0.39, 0.29) is 29.9 Å². The summed E-state index contributed by atoms with van der Waals surface area (Å²) >= 11 is 1.43. The van der Waals surface area contributed by atoms with Gasteiger partial charge in [-0.15, -0.1) is 0 Å². The van der Waals surface area contributed by atoms with Crippen LogP contribution in [0.15, 0.2) is 66.0 Å². The molecule has 0 aromatic heterocycles. The fourth-order valence-electron chi connectivity index (χ4n) is 4.29. The van der Waals surface area contributed by atoms with Crippen molar-refractivity contribution in [2.24, 2.45) is 5.10 Å². The molecule has 3 aliphatic heterocycles. The molecule has 2 aromatic rings. The Morgan fingerprint density at radius 3 is 2.73 bits per heavy atom. The van der Waals surface area contributed by atoms with Crippen molar-refractivity contribution in [1.29, 1.82) is 0 Å². The summed E-state index contributed by atoms with van der Waals surface area (Å²) in [7, 11) is 0. The summed E-state index contributed by atoms with van der Waals surface area (Å²) in [6, 6.07) is 16.6. The van der Waals surface area contributed by atoms with Gasteiger partial charge < -0.3 is 20.0 Å². The summed E-state index contributed by atoms with van der Waals surface area (Å²) in [4.78, 5) is 14.6. The Morgan fingerprint density at radius 2 is 1.97 bits per heavy atom. The number of carbonyl (C=O) groups excluding carboxylic acids is 1. The number of carbonyl (C=O) groups is 1. The molecule has 1 saturated heterocycles. The van der Waals surface area contributed by atoms with Crippen molar-refractivity contribution in [1.82, 2.24) is 20.8 Å². The van der Waals surface area contributed by atoms with E-state index in [0.29, 0.717) is 6.61 Å². The number of hydrogen-bond donors (Lipinski definition) is 3. The van der Waals surface area contributed by atoms with Crippen LogP contribution < -0.4 is 20.9 Å². The largest absolute Gasteiger partial charge is 0.494 e. The lowest BCUT2D eigenvalue weighted by atomic mass is 9.99. The maximum atomic E-state index is 12.5. The smallest absolute Gasteiger partial charge is 0.234 e. The van der Waals surface area contributed by atoms with Crippen LogP contribution in [0.4, 0.5) is 5.69 Å². The number of fused-ring (bicyclic) bond motifs is 3. The number of anilines is 1. The third-order valence-electron chi connectivity index (χ3n) is 5.97. The first kappa shape index (κ1) is 21.7. The summed E-state index contributed by atoms with van der Waals surface area (Å²) < 4.78 is 5.44. The van der Waals surface area contributed by atoms with Crippen LogP contribution >= 0.6 is 11.8 Å². The summed E-state index contributed by atoms with van der Waals surface area (Å²) in [6.07, 6.45) is 5.07. The van der Waals surface area contributed by atoms with E-state index >= 15 is 0 Å². The van der Waals surface area contributed by atoms with Gasteiger partial charge in [0.25, 0.3) is 0 Å². The standard InChI is InChI=1S/C24H28N6O2S/c1-3-32-19-10-8-18(9-11-19)25-22(31)15-33-24-27-26-23-21-14-20(17-6-4-16(2)5-7-17)28-30(21)13-12-29(23)24/h4-13,20-21,23,26,28H,3,14-15H2,1-2H3,(H,25,31). The molecular weight excluding hydrogens is 436 g/mol. The number of benzene rings is 2. The van der Waals surface area contributed by atoms with Gasteiger partial charge in [-0.05, 0) is 50.1 Å². The third kappa shape index (κ3) is 4.65. The van der Waals surface area contributed by atoms with E-state index in [2.05, 4.69) is 68.6 Å². The Labute approximate surface area is 198 Å². The zero-order valence-corrected chi connectivity index (χ0v) is 19.5. The maximum Gasteiger partial charge on any atom is 0.234 e. The first-order valence-electron chi connectivity index (χ1n) is 11.2. The monoisotopic (exact) mass is 464 g/mol. The topological polar surface area (TPSA) is 81.2 Å². The highest BCUT2D eigenvalue weighted by atomic mass is 32.2. The number of nitrogens with one attached hydrogen (secondary N) is 3. The van der Waals surface area contributed by atoms with Gasteiger partial charge in [0.1, 0.15) is 11.9 Å². The predicted molar refractivity (Wildman–Crippen MR) is 131 cm³/mol. The molecule has 172 valence electrons. The van der Waals surface area contributed by atoms with E-state index in [0.717, 1.165) is 23.0 Å². The first-order chi connectivity index (χ1) is 16.1. The van der Waals surface area contributed by atoms with Gasteiger partial charge in [-0.1, -0.05) is 41.6 Å². The Morgan fingerprint density at radius 1 is 1.18 bits per heavy atom. The molecule has 0 spiro atoms. The van der Waals surface area contributed by atoms with Crippen LogP contribution in [0.2, 0.25) is 0 Å². The quantitative estimate of drug-likeness (QED) is 0.605. The van der Waals surface area contributed by atoms with Crippen molar-refractivity contribution in [2.75, 3.05) is 17.7 Å². The molecule has 2 aromatic carbocycles. The van der Waals surface area contributed by atoms with Gasteiger partial charge in [0.2, 0.25) is 5.91 Å². The van der Waals surface area contributed by atoms with Crippen molar-refractivity contribution in [2.45, 2.75) is 38.5 Å². The van der Waals surface area contributed by atoms with Crippen LogP contribution in [0.5, 0.6) is 5.75 Å². The van der Waals surface area contributed by atoms with Crippen molar-refractivity contribution in [3.63, 3.8) is 0 Å². The van der Waals surface area contributed by atoms with Gasteiger partial charge in [0, 0.05) is 18.1 Å². The number of rotatable bonds is 6. The van der Waals surface area contributed by atoms with Crippen molar-refractivity contribution < 1.29 is 9.53 Å². The second-order valence-electron chi connectivity index (χ2n) is 8.27. The Balaban J connectivity index is 1.15. The Kier molecular flexibility index (Phi) is 6.15. The van der Waals surface area contributed by atoms with Gasteiger partial charge in [-0.3, -0.25) is 10.2 Å². The Bertz CT molecular complexity index is 1060. The molecule has 3 heterocycles. The molecule has 0 radical (unpaired) electrons. The molecule has 3 unspecified atom stereocenters. The molecule has 33 heavy (non-hydrogen) atoms. The van der Waals surface area contributed by atoms with Gasteiger partial charge in [0.15, 0.2) is 5.17 Å². The molecule has 8 nitrogen and oxygen atoms in total. The molecule has 0 aliphatic carbocycles. The third-order valence-corrected chi connectivity index (χ3v) is 6.93. The van der Waals surface area contributed by atoms with E-state index < -0.39 is 0 Å². The van der Waals surface area contributed by atoms with Crippen molar-refractivity contribution in [3.8, 4) is 5.75 Å². The lowest BCUT2D eigenvalue weighted by molar-refractivity contribution is -0.113. The number of nitrogens with zero attached hydrogens (tertiary/aromatic N) is 3. The average Bonchev–Trinajstić information content (AvgIpc) is 3.43. The van der Waals surface area contributed by atoms with Gasteiger partial charge in [-0.2, -0.15) is 5.10 Å². The van der Waals surface area contributed by atoms with E-state index in [4.69, 9.17) is 4.74 Å². The zero-order chi connectivity index (χ0) is 22.8. The molecular formula is C24H28N6O2S. The molecule has 1 amide bonds. The minimum absolute atomic E-state index is 0.0367. The molecule has 3 N–H and O–H groups in total. The van der Waals surface area contributed by atoms with Crippen LogP contribution in [0.25, 0.3) is 0 Å². The zero-order valence-electron chi connectivity index (χ0n) is 18.7. The van der Waals surface area contributed by atoms with Gasteiger partial charge in [0.05, 0.1) is 24.4 Å². The average molecular weight is 465 g/mol. The number of amides is 1. The lowest BCUT2D eigenvalue weighted by Gasteiger charge is -2.36. The molecule has 5 rings (SSSR count). The summed E-state index contributed by atoms with van der Waals surface area (Å²) in [5.74, 6) is 1.00. The van der Waals surface area contributed by atoms with Crippen molar-refractivity contribution >= 4 is 28.5 Å². The molecule has 3 aliphatic rings. The highest BCUT2D eigenvalue weighted by molar-refractivity contribution is 8.14. The molecule has 9 heteroatoms. The molecule has 3 atom stereocenters.